The maximum absolute atomic E-state index is 13.2. The summed E-state index contributed by atoms with van der Waals surface area (Å²) in [6.45, 7) is 3.51. The molecule has 1 N–H and O–H groups in total. The summed E-state index contributed by atoms with van der Waals surface area (Å²) in [6.07, 6.45) is 5.69. The largest absolute Gasteiger partial charge is 0.354 e. The molecule has 1 aromatic heterocycles. The molecule has 8 heteroatoms. The first-order valence-corrected chi connectivity index (χ1v) is 11.2. The minimum absolute atomic E-state index is 0.0509. The number of rotatable bonds is 3. The van der Waals surface area contributed by atoms with E-state index in [1.807, 2.05) is 42.2 Å². The first-order valence-electron chi connectivity index (χ1n) is 11.2. The van der Waals surface area contributed by atoms with E-state index in [1.54, 1.807) is 11.1 Å². The Bertz CT molecular complexity index is 959. The second kappa shape index (κ2) is 9.89. The highest BCUT2D eigenvalue weighted by Gasteiger charge is 2.37. The molecule has 3 amide bonds. The molecule has 1 saturated carbocycles. The molecular weight excluding hydrogens is 406 g/mol. The Labute approximate surface area is 188 Å². The molecular formula is C24H29N5O3. The maximum atomic E-state index is 13.2. The lowest BCUT2D eigenvalue weighted by Gasteiger charge is -2.32. The molecule has 8 nitrogen and oxygen atoms in total. The minimum atomic E-state index is -0.311. The summed E-state index contributed by atoms with van der Waals surface area (Å²) in [5, 5.41) is 2.92. The standard InChI is InChI=1S/C24H29N5O3/c1-17-15-27-20(16-26-17)24(32)28-11-5-12-29(23(31)19-8-9-19)21(14-22(30)25-10-13-28)18-6-3-2-4-7-18/h2-4,6-7,15-16,19,21H,5,8-14H2,1H3,(H,25,30). The fourth-order valence-electron chi connectivity index (χ4n) is 4.06. The van der Waals surface area contributed by atoms with Crippen molar-refractivity contribution in [3.05, 3.63) is 59.7 Å². The fourth-order valence-corrected chi connectivity index (χ4v) is 4.06. The molecule has 1 aliphatic heterocycles. The fraction of sp³-hybridized carbons (Fsp3) is 0.458. The van der Waals surface area contributed by atoms with Gasteiger partial charge in [0.25, 0.3) is 5.91 Å². The summed E-state index contributed by atoms with van der Waals surface area (Å²) >= 11 is 0. The van der Waals surface area contributed by atoms with Crippen molar-refractivity contribution in [2.45, 2.75) is 38.6 Å². The van der Waals surface area contributed by atoms with Gasteiger partial charge in [0, 0.05) is 38.3 Å². The molecule has 1 saturated heterocycles. The zero-order valence-corrected chi connectivity index (χ0v) is 18.4. The van der Waals surface area contributed by atoms with E-state index in [1.165, 1.54) is 6.20 Å². The third kappa shape index (κ3) is 5.30. The zero-order chi connectivity index (χ0) is 22.5. The van der Waals surface area contributed by atoms with Gasteiger partial charge in [-0.1, -0.05) is 30.3 Å². The first kappa shape index (κ1) is 21.9. The highest BCUT2D eigenvalue weighted by atomic mass is 16.2. The molecule has 1 atom stereocenters. The molecule has 2 fully saturated rings. The van der Waals surface area contributed by atoms with Crippen LogP contribution in [0.5, 0.6) is 0 Å². The average Bonchev–Trinajstić information content (AvgIpc) is 3.65. The number of hydrogen-bond acceptors (Lipinski definition) is 5. The molecule has 2 aliphatic rings. The van der Waals surface area contributed by atoms with Gasteiger partial charge < -0.3 is 15.1 Å². The summed E-state index contributed by atoms with van der Waals surface area (Å²) in [6, 6.07) is 9.42. The zero-order valence-electron chi connectivity index (χ0n) is 18.4. The van der Waals surface area contributed by atoms with Crippen LogP contribution < -0.4 is 5.32 Å². The Balaban J connectivity index is 1.55. The molecule has 1 unspecified atom stereocenters. The Morgan fingerprint density at radius 1 is 1.03 bits per heavy atom. The van der Waals surface area contributed by atoms with Crippen LogP contribution in [0.1, 0.15) is 53.5 Å². The van der Waals surface area contributed by atoms with Crippen LogP contribution in [-0.4, -0.2) is 63.7 Å². The van der Waals surface area contributed by atoms with E-state index < -0.39 is 0 Å². The lowest BCUT2D eigenvalue weighted by molar-refractivity contribution is -0.136. The first-order chi connectivity index (χ1) is 15.5. The molecule has 32 heavy (non-hydrogen) atoms. The van der Waals surface area contributed by atoms with Crippen LogP contribution in [-0.2, 0) is 9.59 Å². The van der Waals surface area contributed by atoms with Gasteiger partial charge in [0.1, 0.15) is 5.69 Å². The monoisotopic (exact) mass is 435 g/mol. The van der Waals surface area contributed by atoms with E-state index in [0.717, 1.165) is 24.1 Å². The van der Waals surface area contributed by atoms with Crippen LogP contribution >= 0.6 is 0 Å². The van der Waals surface area contributed by atoms with Crippen LogP contribution in [0, 0.1) is 12.8 Å². The van der Waals surface area contributed by atoms with Crippen molar-refractivity contribution in [2.24, 2.45) is 5.92 Å². The number of amides is 3. The van der Waals surface area contributed by atoms with Crippen molar-refractivity contribution in [1.82, 2.24) is 25.1 Å². The highest BCUT2D eigenvalue weighted by molar-refractivity contribution is 5.92. The summed E-state index contributed by atoms with van der Waals surface area (Å²) in [5.41, 5.74) is 1.98. The Kier molecular flexibility index (Phi) is 6.78. The van der Waals surface area contributed by atoms with Gasteiger partial charge in [-0.05, 0) is 31.7 Å². The molecule has 0 bridgehead atoms. The predicted octanol–water partition coefficient (Wildman–Crippen LogP) is 2.12. The maximum Gasteiger partial charge on any atom is 0.274 e. The van der Waals surface area contributed by atoms with E-state index in [9.17, 15) is 14.4 Å². The van der Waals surface area contributed by atoms with Crippen molar-refractivity contribution in [2.75, 3.05) is 26.2 Å². The second-order valence-corrected chi connectivity index (χ2v) is 8.48. The lowest BCUT2D eigenvalue weighted by Crippen LogP contribution is -2.40. The van der Waals surface area contributed by atoms with Gasteiger partial charge in [-0.3, -0.25) is 19.4 Å². The van der Waals surface area contributed by atoms with Gasteiger partial charge in [0.2, 0.25) is 11.8 Å². The van der Waals surface area contributed by atoms with E-state index in [2.05, 4.69) is 15.3 Å². The average molecular weight is 436 g/mol. The van der Waals surface area contributed by atoms with Crippen molar-refractivity contribution in [3.8, 4) is 0 Å². The number of aromatic nitrogens is 2. The minimum Gasteiger partial charge on any atom is -0.354 e. The molecule has 168 valence electrons. The van der Waals surface area contributed by atoms with Crippen LogP contribution in [0.25, 0.3) is 0 Å². The SMILES string of the molecule is Cc1cnc(C(=O)N2CCCN(C(=O)C3CC3)C(c3ccccc3)CC(=O)NCC2)cn1. The Morgan fingerprint density at radius 2 is 1.81 bits per heavy atom. The smallest absolute Gasteiger partial charge is 0.274 e. The Morgan fingerprint density at radius 3 is 2.50 bits per heavy atom. The van der Waals surface area contributed by atoms with Crippen LogP contribution in [0.2, 0.25) is 0 Å². The summed E-state index contributed by atoms with van der Waals surface area (Å²) in [4.78, 5) is 50.8. The van der Waals surface area contributed by atoms with E-state index in [0.29, 0.717) is 32.6 Å². The molecule has 0 radical (unpaired) electrons. The molecule has 4 rings (SSSR count). The lowest BCUT2D eigenvalue weighted by atomic mass is 10.0. The summed E-state index contributed by atoms with van der Waals surface area (Å²) in [5.74, 6) is -0.189. The van der Waals surface area contributed by atoms with Crippen molar-refractivity contribution in [1.29, 1.82) is 0 Å². The number of hydrogen-bond donors (Lipinski definition) is 1. The number of benzene rings is 1. The van der Waals surface area contributed by atoms with Crippen LogP contribution in [0.4, 0.5) is 0 Å². The predicted molar refractivity (Wildman–Crippen MR) is 119 cm³/mol. The quantitative estimate of drug-likeness (QED) is 0.797. The van der Waals surface area contributed by atoms with E-state index in [4.69, 9.17) is 0 Å². The van der Waals surface area contributed by atoms with Crippen molar-refractivity contribution in [3.63, 3.8) is 0 Å². The highest BCUT2D eigenvalue weighted by Crippen LogP contribution is 2.35. The molecule has 2 aromatic rings. The second-order valence-electron chi connectivity index (χ2n) is 8.48. The van der Waals surface area contributed by atoms with Crippen molar-refractivity contribution < 1.29 is 14.4 Å². The van der Waals surface area contributed by atoms with Gasteiger partial charge in [-0.25, -0.2) is 4.98 Å². The topological polar surface area (TPSA) is 95.5 Å². The number of aryl methyl sites for hydroxylation is 1. The third-order valence-electron chi connectivity index (χ3n) is 5.97. The molecule has 2 heterocycles. The number of carbonyl (C=O) groups excluding carboxylic acids is 3. The molecule has 1 aromatic carbocycles. The number of nitrogens with one attached hydrogen (secondary N) is 1. The summed E-state index contributed by atoms with van der Waals surface area (Å²) in [7, 11) is 0. The normalized spacial score (nSPS) is 20.3. The molecule has 0 spiro atoms. The van der Waals surface area contributed by atoms with Crippen LogP contribution in [0.15, 0.2) is 42.7 Å². The molecule has 1 aliphatic carbocycles. The number of nitrogens with zero attached hydrogens (tertiary/aromatic N) is 4. The van der Waals surface area contributed by atoms with Gasteiger partial charge in [-0.2, -0.15) is 0 Å². The van der Waals surface area contributed by atoms with Gasteiger partial charge in [0.05, 0.1) is 24.4 Å². The van der Waals surface area contributed by atoms with Gasteiger partial charge in [-0.15, -0.1) is 0 Å². The number of carbonyl (C=O) groups is 3. The van der Waals surface area contributed by atoms with Gasteiger partial charge in [0.15, 0.2) is 0 Å². The Hall–Kier alpha value is -3.29. The van der Waals surface area contributed by atoms with Crippen LogP contribution in [0.3, 0.4) is 0 Å². The van der Waals surface area contributed by atoms with E-state index in [-0.39, 0.29) is 41.8 Å². The van der Waals surface area contributed by atoms with Gasteiger partial charge >= 0.3 is 0 Å². The van der Waals surface area contributed by atoms with E-state index >= 15 is 0 Å². The third-order valence-corrected chi connectivity index (χ3v) is 5.97. The van der Waals surface area contributed by atoms with Crippen molar-refractivity contribution >= 4 is 17.7 Å². The summed E-state index contributed by atoms with van der Waals surface area (Å²) < 4.78 is 0.